The van der Waals surface area contributed by atoms with Crippen molar-refractivity contribution >= 4 is 70.2 Å². The number of halogens is 2. The number of rotatable bonds is 20. The lowest BCUT2D eigenvalue weighted by atomic mass is 10.2. The second-order valence-corrected chi connectivity index (χ2v) is 16.8. The minimum absolute atomic E-state index is 0.00191. The number of anilines is 4. The van der Waals surface area contributed by atoms with E-state index in [1.807, 2.05) is 27.7 Å². The highest BCUT2D eigenvalue weighted by atomic mass is 35.5. The normalized spacial score (nSPS) is 10.7. The van der Waals surface area contributed by atoms with Crippen LogP contribution >= 0.6 is 23.2 Å². The molecule has 20 nitrogen and oxygen atoms in total. The van der Waals surface area contributed by atoms with Crippen LogP contribution in [0.2, 0.25) is 10.0 Å². The summed E-state index contributed by atoms with van der Waals surface area (Å²) in [4.78, 5) is 82.0. The molecule has 0 atom stereocenters. The molecule has 2 heterocycles. The molecule has 0 saturated heterocycles. The summed E-state index contributed by atoms with van der Waals surface area (Å²) in [5.41, 5.74) is -0.137. The number of carboxylic acid groups (broad SMARTS) is 1. The first-order chi connectivity index (χ1) is 33.8. The maximum Gasteiger partial charge on any atom is 0.307 e. The Morgan fingerprint density at radius 2 is 0.958 bits per heavy atom. The van der Waals surface area contributed by atoms with Gasteiger partial charge in [0.25, 0.3) is 22.9 Å². The van der Waals surface area contributed by atoms with Crippen LogP contribution in [0.4, 0.5) is 23.3 Å². The van der Waals surface area contributed by atoms with Crippen LogP contribution in [0.15, 0.2) is 107 Å². The molecule has 374 valence electrons. The number of aromatic hydroxyl groups is 2. The molecule has 2 amide bonds. The van der Waals surface area contributed by atoms with Crippen LogP contribution in [-0.2, 0) is 27.4 Å². The van der Waals surface area contributed by atoms with Crippen LogP contribution in [0.1, 0.15) is 72.4 Å². The average molecular weight is 1020 g/mol. The van der Waals surface area contributed by atoms with E-state index in [4.69, 9.17) is 37.8 Å². The fourth-order valence-electron chi connectivity index (χ4n) is 6.39. The van der Waals surface area contributed by atoms with Crippen molar-refractivity contribution in [1.82, 2.24) is 29.7 Å². The molecule has 0 aliphatic rings. The van der Waals surface area contributed by atoms with Gasteiger partial charge in [-0.1, -0.05) is 47.5 Å². The predicted octanol–water partition coefficient (Wildman–Crippen LogP) is 6.86. The van der Waals surface area contributed by atoms with E-state index >= 15 is 0 Å². The summed E-state index contributed by atoms with van der Waals surface area (Å²) in [7, 11) is 1.23. The monoisotopic (exact) mass is 1010 g/mol. The van der Waals surface area contributed by atoms with Gasteiger partial charge in [-0.05, 0) is 112 Å². The molecule has 6 rings (SSSR count). The fraction of sp³-hybridized carbons (Fsp3) is 0.265. The number of nitrogens with zero attached hydrogens (tertiary/aromatic N) is 4. The third-order valence-corrected chi connectivity index (χ3v) is 10.2. The molecule has 0 saturated carbocycles. The number of methoxy groups -OCH3 is 1. The lowest BCUT2D eigenvalue weighted by molar-refractivity contribution is -0.140. The number of hydrogen-bond donors (Lipinski definition) is 7. The molecule has 0 spiro atoms. The smallest absolute Gasteiger partial charge is 0.307 e. The number of carboxylic acids is 1. The highest BCUT2D eigenvalue weighted by molar-refractivity contribution is 6.30. The minimum atomic E-state index is -1.11. The Bertz CT molecular complexity index is 2930. The van der Waals surface area contributed by atoms with Crippen molar-refractivity contribution in [2.24, 2.45) is 0 Å². The third kappa shape index (κ3) is 16.0. The van der Waals surface area contributed by atoms with Crippen molar-refractivity contribution in [2.75, 3.05) is 30.8 Å². The van der Waals surface area contributed by atoms with Crippen molar-refractivity contribution in [1.29, 1.82) is 0 Å². The number of aromatic nitrogens is 4. The van der Waals surface area contributed by atoms with Gasteiger partial charge < -0.3 is 50.8 Å². The molecule has 71 heavy (non-hydrogen) atoms. The highest BCUT2D eigenvalue weighted by Crippen LogP contribution is 2.25. The summed E-state index contributed by atoms with van der Waals surface area (Å²) in [6.07, 6.45) is -0.412. The SMILES string of the molecule is CC(C)Oc1ccc(Nc2nc(O)c(C(=O)NCCC(=O)O)c(=O)n2Cc2ccc(Cl)cc2)cc1.COC(=O)CCNC(=O)c1c(O)nc(Nc2ccc(OC(C)C)cc2)n(Cc2ccc(Cl)cc2)c1=O. The zero-order valence-corrected chi connectivity index (χ0v) is 40.7. The van der Waals surface area contributed by atoms with Crippen molar-refractivity contribution in [3.63, 3.8) is 0 Å². The van der Waals surface area contributed by atoms with Gasteiger partial charge >= 0.3 is 11.9 Å². The van der Waals surface area contributed by atoms with Crippen LogP contribution in [0.5, 0.6) is 23.3 Å². The molecule has 4 aromatic carbocycles. The summed E-state index contributed by atoms with van der Waals surface area (Å²) in [6.45, 7) is 7.43. The molecule has 0 aliphatic heterocycles. The van der Waals surface area contributed by atoms with Gasteiger partial charge in [-0.15, -0.1) is 0 Å². The summed E-state index contributed by atoms with van der Waals surface area (Å²) in [5.74, 6) is -3.59. The second-order valence-electron chi connectivity index (χ2n) is 15.9. The molecule has 0 bridgehead atoms. The summed E-state index contributed by atoms with van der Waals surface area (Å²) < 4.78 is 18.2. The zero-order valence-electron chi connectivity index (χ0n) is 39.2. The van der Waals surface area contributed by atoms with Gasteiger partial charge in [0.15, 0.2) is 11.1 Å². The molecule has 7 N–H and O–H groups in total. The molecular weight excluding hydrogens is 963 g/mol. The molecule has 0 fully saturated rings. The number of aliphatic carboxylic acids is 1. The largest absolute Gasteiger partial charge is 0.492 e. The van der Waals surface area contributed by atoms with Crippen LogP contribution in [0.25, 0.3) is 0 Å². The molecule has 2 aromatic heterocycles. The van der Waals surface area contributed by atoms with E-state index in [1.54, 1.807) is 97.1 Å². The van der Waals surface area contributed by atoms with E-state index < -0.39 is 57.8 Å². The number of carbonyl (C=O) groups is 4. The van der Waals surface area contributed by atoms with Crippen molar-refractivity contribution in [3.8, 4) is 23.3 Å². The average Bonchev–Trinajstić information content (AvgIpc) is 3.31. The van der Waals surface area contributed by atoms with Crippen molar-refractivity contribution < 1.29 is 48.7 Å². The maximum atomic E-state index is 13.4. The van der Waals surface area contributed by atoms with Crippen LogP contribution in [-0.4, -0.2) is 90.6 Å². The van der Waals surface area contributed by atoms with Crippen molar-refractivity contribution in [2.45, 2.75) is 65.8 Å². The second kappa shape index (κ2) is 25.5. The number of esters is 1. The van der Waals surface area contributed by atoms with Gasteiger partial charge in [-0.3, -0.25) is 37.9 Å². The quantitative estimate of drug-likeness (QED) is 0.0385. The van der Waals surface area contributed by atoms with E-state index in [-0.39, 0.29) is 63.1 Å². The number of benzene rings is 4. The van der Waals surface area contributed by atoms with E-state index in [2.05, 4.69) is 36.0 Å². The Morgan fingerprint density at radius 3 is 1.30 bits per heavy atom. The Morgan fingerprint density at radius 1 is 0.592 bits per heavy atom. The molecule has 0 unspecified atom stereocenters. The predicted molar refractivity (Wildman–Crippen MR) is 266 cm³/mol. The number of hydrogen-bond acceptors (Lipinski definition) is 15. The fourth-order valence-corrected chi connectivity index (χ4v) is 6.64. The molecule has 0 aliphatic carbocycles. The van der Waals surface area contributed by atoms with Crippen LogP contribution < -0.4 is 41.9 Å². The van der Waals surface area contributed by atoms with Gasteiger partial charge in [-0.2, -0.15) is 9.97 Å². The molecule has 6 aromatic rings. The summed E-state index contributed by atoms with van der Waals surface area (Å²) in [5, 5.41) is 41.5. The molecule has 0 radical (unpaired) electrons. The third-order valence-electron chi connectivity index (χ3n) is 9.69. The zero-order chi connectivity index (χ0) is 51.8. The van der Waals surface area contributed by atoms with E-state index in [0.29, 0.717) is 38.5 Å². The summed E-state index contributed by atoms with van der Waals surface area (Å²) >= 11 is 11.9. The minimum Gasteiger partial charge on any atom is -0.492 e. The Hall–Kier alpha value is -8.10. The lowest BCUT2D eigenvalue weighted by Crippen LogP contribution is -2.35. The number of nitrogens with one attached hydrogen (secondary N) is 4. The lowest BCUT2D eigenvalue weighted by Gasteiger charge is -2.17. The van der Waals surface area contributed by atoms with E-state index in [0.717, 1.165) is 5.56 Å². The molecule has 22 heteroatoms. The Labute approximate surface area is 417 Å². The van der Waals surface area contributed by atoms with Crippen LogP contribution in [0, 0.1) is 0 Å². The van der Waals surface area contributed by atoms with Crippen LogP contribution in [0.3, 0.4) is 0 Å². The molecular formula is C49H52Cl2N8O12. The Kier molecular flexibility index (Phi) is 19.3. The van der Waals surface area contributed by atoms with Gasteiger partial charge in [0.05, 0.1) is 45.2 Å². The first-order valence-electron chi connectivity index (χ1n) is 21.9. The van der Waals surface area contributed by atoms with E-state index in [9.17, 15) is 39.0 Å². The van der Waals surface area contributed by atoms with Crippen molar-refractivity contribution in [3.05, 3.63) is 150 Å². The Balaban J connectivity index is 0.000000264. The first kappa shape index (κ1) is 53.8. The van der Waals surface area contributed by atoms with Gasteiger partial charge in [0.1, 0.15) is 11.5 Å². The summed E-state index contributed by atoms with van der Waals surface area (Å²) in [6, 6.07) is 27.5. The highest BCUT2D eigenvalue weighted by Gasteiger charge is 2.25. The standard InChI is InChI=1S/C25H27ClN4O6.C24H25ClN4O6/c1-15(2)36-19-10-8-18(9-11-19)28-25-29-23(33)21(22(32)27-13-12-20(31)35-3)24(34)30(25)14-16-4-6-17(26)7-5-16;1-14(2)35-18-9-7-17(8-10-18)27-24-28-22(33)20(21(32)26-12-11-19(30)31)23(34)29(24)13-15-3-5-16(25)6-4-15/h4-11,15,33H,12-14H2,1-3H3,(H,27,32)(H,28,29);3-10,14,33H,11-13H2,1-2H3,(H,26,32)(H,27,28)(H,30,31). The van der Waals surface area contributed by atoms with E-state index in [1.165, 1.54) is 16.2 Å². The van der Waals surface area contributed by atoms with Gasteiger partial charge in [0.2, 0.25) is 23.7 Å². The number of ether oxygens (including phenoxy) is 3. The first-order valence-corrected chi connectivity index (χ1v) is 22.7. The van der Waals surface area contributed by atoms with Gasteiger partial charge in [-0.25, -0.2) is 0 Å². The topological polar surface area (TPSA) is 275 Å². The van der Waals surface area contributed by atoms with Gasteiger partial charge in [0, 0.05) is 34.5 Å². The maximum absolute atomic E-state index is 13.4. The number of amides is 2. The number of carbonyl (C=O) groups excluding carboxylic acids is 3.